The van der Waals surface area contributed by atoms with Crippen LogP contribution in [0, 0.1) is 23.5 Å². The maximum atomic E-state index is 14.6. The van der Waals surface area contributed by atoms with E-state index < -0.39 is 29.3 Å². The first-order chi connectivity index (χ1) is 18.9. The summed E-state index contributed by atoms with van der Waals surface area (Å²) in [6.07, 6.45) is 4.49. The van der Waals surface area contributed by atoms with Crippen molar-refractivity contribution in [1.29, 1.82) is 0 Å². The number of carbonyl (C=O) groups is 2. The lowest BCUT2D eigenvalue weighted by atomic mass is 10.1. The lowest BCUT2D eigenvalue weighted by Crippen LogP contribution is -2.11. The molecule has 0 radical (unpaired) electrons. The van der Waals surface area contributed by atoms with E-state index in [2.05, 4.69) is 18.4 Å². The average molecular weight is 535 g/mol. The maximum Gasteiger partial charge on any atom is 0.343 e. The van der Waals surface area contributed by atoms with Crippen LogP contribution in [0.1, 0.15) is 47.2 Å². The Morgan fingerprint density at radius 3 is 2.03 bits per heavy atom. The van der Waals surface area contributed by atoms with Gasteiger partial charge >= 0.3 is 11.9 Å². The van der Waals surface area contributed by atoms with E-state index >= 15 is 0 Å². The summed E-state index contributed by atoms with van der Waals surface area (Å²) in [4.78, 5) is 23.4. The minimum absolute atomic E-state index is 0.0956. The fraction of sp³-hybridized carbons (Fsp3) is 0.226. The third-order valence-electron chi connectivity index (χ3n) is 5.44. The fourth-order valence-electron chi connectivity index (χ4n) is 3.37. The Bertz CT molecular complexity index is 1320. The van der Waals surface area contributed by atoms with E-state index in [0.29, 0.717) is 30.3 Å². The summed E-state index contributed by atoms with van der Waals surface area (Å²) in [5.74, 6) is 2.51. The minimum Gasteiger partial charge on any atom is -0.497 e. The van der Waals surface area contributed by atoms with Gasteiger partial charge in [-0.15, -0.1) is 0 Å². The molecule has 0 atom stereocenters. The summed E-state index contributed by atoms with van der Waals surface area (Å²) < 4.78 is 49.7. The van der Waals surface area contributed by atoms with Gasteiger partial charge in [0.2, 0.25) is 5.75 Å². The molecule has 0 N–H and O–H groups in total. The Morgan fingerprint density at radius 1 is 0.821 bits per heavy atom. The third-order valence-corrected chi connectivity index (χ3v) is 5.44. The van der Waals surface area contributed by atoms with E-state index in [9.17, 15) is 18.4 Å². The Morgan fingerprint density at radius 2 is 1.41 bits per heavy atom. The number of methoxy groups -OCH3 is 1. The molecule has 0 aliphatic rings. The predicted molar refractivity (Wildman–Crippen MR) is 142 cm³/mol. The van der Waals surface area contributed by atoms with Crippen LogP contribution in [-0.2, 0) is 9.53 Å². The first-order valence-electron chi connectivity index (χ1n) is 12.3. The average Bonchev–Trinajstić information content (AvgIpc) is 2.95. The zero-order valence-corrected chi connectivity index (χ0v) is 21.5. The molecule has 0 fully saturated rings. The second-order valence-corrected chi connectivity index (χ2v) is 8.30. The van der Waals surface area contributed by atoms with Gasteiger partial charge in [0.1, 0.15) is 11.5 Å². The molecule has 0 aliphatic heterocycles. The summed E-state index contributed by atoms with van der Waals surface area (Å²) >= 11 is 0. The molecule has 0 heterocycles. The SMILES string of the molecule is C=CC(=O)OCCCCCCOc1ccc(C(=O)Oc2c(F)cc(C#Cc3ccc(OC)cc3)cc2F)cc1. The van der Waals surface area contributed by atoms with E-state index in [1.54, 1.807) is 43.5 Å². The number of rotatable bonds is 12. The molecule has 0 aliphatic carbocycles. The van der Waals surface area contributed by atoms with Gasteiger partial charge in [0.25, 0.3) is 0 Å². The van der Waals surface area contributed by atoms with E-state index in [1.807, 2.05) is 0 Å². The van der Waals surface area contributed by atoms with Crippen molar-refractivity contribution >= 4 is 11.9 Å². The van der Waals surface area contributed by atoms with Crippen molar-refractivity contribution in [3.63, 3.8) is 0 Å². The van der Waals surface area contributed by atoms with Crippen LogP contribution in [0.2, 0.25) is 0 Å². The fourth-order valence-corrected chi connectivity index (χ4v) is 3.37. The van der Waals surface area contributed by atoms with Crippen LogP contribution >= 0.6 is 0 Å². The van der Waals surface area contributed by atoms with Gasteiger partial charge in [0.15, 0.2) is 11.6 Å². The lowest BCUT2D eigenvalue weighted by molar-refractivity contribution is -0.137. The molecule has 3 aromatic carbocycles. The van der Waals surface area contributed by atoms with E-state index in [-0.39, 0.29) is 11.1 Å². The van der Waals surface area contributed by atoms with Crippen LogP contribution in [0.15, 0.2) is 73.3 Å². The van der Waals surface area contributed by atoms with Gasteiger partial charge < -0.3 is 18.9 Å². The molecular weight excluding hydrogens is 506 g/mol. The van der Waals surface area contributed by atoms with Crippen molar-refractivity contribution in [2.45, 2.75) is 25.7 Å². The summed E-state index contributed by atoms with van der Waals surface area (Å²) in [6.45, 7) is 4.17. The number of unbranched alkanes of at least 4 members (excludes halogenated alkanes) is 3. The van der Waals surface area contributed by atoms with Crippen LogP contribution in [0.3, 0.4) is 0 Å². The first kappa shape index (κ1) is 28.9. The number of ether oxygens (including phenoxy) is 4. The van der Waals surface area contributed by atoms with Crippen LogP contribution < -0.4 is 14.2 Å². The van der Waals surface area contributed by atoms with Gasteiger partial charge in [0.05, 0.1) is 25.9 Å². The number of hydrogen-bond donors (Lipinski definition) is 0. The lowest BCUT2D eigenvalue weighted by Gasteiger charge is -2.09. The highest BCUT2D eigenvalue weighted by molar-refractivity contribution is 5.91. The Kier molecular flexibility index (Phi) is 11.1. The molecule has 0 aromatic heterocycles. The maximum absolute atomic E-state index is 14.6. The normalized spacial score (nSPS) is 10.1. The predicted octanol–water partition coefficient (Wildman–Crippen LogP) is 6.26. The molecule has 39 heavy (non-hydrogen) atoms. The minimum atomic E-state index is -1.04. The number of benzene rings is 3. The van der Waals surface area contributed by atoms with Crippen molar-refractivity contribution in [3.8, 4) is 29.1 Å². The van der Waals surface area contributed by atoms with Gasteiger partial charge in [-0.1, -0.05) is 18.4 Å². The zero-order valence-electron chi connectivity index (χ0n) is 21.5. The largest absolute Gasteiger partial charge is 0.497 e. The van der Waals surface area contributed by atoms with Crippen molar-refractivity contribution in [3.05, 3.63) is 102 Å². The highest BCUT2D eigenvalue weighted by Gasteiger charge is 2.17. The third kappa shape index (κ3) is 9.31. The molecule has 0 spiro atoms. The summed E-state index contributed by atoms with van der Waals surface area (Å²) in [5.41, 5.74) is 0.847. The van der Waals surface area contributed by atoms with Crippen LogP contribution in [0.4, 0.5) is 8.78 Å². The summed E-state index contributed by atoms with van der Waals surface area (Å²) in [7, 11) is 1.55. The smallest absolute Gasteiger partial charge is 0.343 e. The van der Waals surface area contributed by atoms with Crippen molar-refractivity contribution in [2.75, 3.05) is 20.3 Å². The highest BCUT2D eigenvalue weighted by Crippen LogP contribution is 2.25. The van der Waals surface area contributed by atoms with Gasteiger partial charge in [0, 0.05) is 17.2 Å². The molecule has 8 heteroatoms. The first-order valence-corrected chi connectivity index (χ1v) is 12.3. The molecule has 6 nitrogen and oxygen atoms in total. The van der Waals surface area contributed by atoms with Crippen LogP contribution in [0.25, 0.3) is 0 Å². The molecule has 0 amide bonds. The van der Waals surface area contributed by atoms with Crippen LogP contribution in [0.5, 0.6) is 17.2 Å². The number of hydrogen-bond acceptors (Lipinski definition) is 6. The van der Waals surface area contributed by atoms with Crippen LogP contribution in [-0.4, -0.2) is 32.3 Å². The van der Waals surface area contributed by atoms with E-state index in [0.717, 1.165) is 43.9 Å². The number of carbonyl (C=O) groups excluding carboxylic acids is 2. The van der Waals surface area contributed by atoms with Gasteiger partial charge in [-0.2, -0.15) is 0 Å². The molecule has 0 unspecified atom stereocenters. The summed E-state index contributed by atoms with van der Waals surface area (Å²) in [5, 5.41) is 0. The van der Waals surface area contributed by atoms with Crippen molar-refractivity contribution in [2.24, 2.45) is 0 Å². The second-order valence-electron chi connectivity index (χ2n) is 8.30. The Labute approximate surface area is 226 Å². The van der Waals surface area contributed by atoms with Gasteiger partial charge in [-0.25, -0.2) is 18.4 Å². The monoisotopic (exact) mass is 534 g/mol. The van der Waals surface area contributed by atoms with E-state index in [4.69, 9.17) is 18.9 Å². The number of esters is 2. The Balaban J connectivity index is 1.48. The standard InChI is InChI=1S/C31H28F2O6/c1-3-29(34)38-19-7-5-4-6-18-37-26-16-12-24(13-17-26)31(35)39-30-27(32)20-23(21-28(30)33)9-8-22-10-14-25(36-2)15-11-22/h3,10-17,20-21H,1,4-7,18-19H2,2H3. The zero-order chi connectivity index (χ0) is 28.0. The molecule has 0 saturated heterocycles. The molecular formula is C31H28F2O6. The van der Waals surface area contributed by atoms with Gasteiger partial charge in [-0.3, -0.25) is 0 Å². The quantitative estimate of drug-likeness (QED) is 0.0898. The molecule has 0 saturated carbocycles. The molecule has 202 valence electrons. The van der Waals surface area contributed by atoms with Crippen molar-refractivity contribution < 1.29 is 37.3 Å². The Hall–Kier alpha value is -4.64. The summed E-state index contributed by atoms with van der Waals surface area (Å²) in [6, 6.07) is 15.0. The van der Waals surface area contributed by atoms with E-state index in [1.165, 1.54) is 12.1 Å². The molecule has 3 rings (SSSR count). The van der Waals surface area contributed by atoms with Crippen molar-refractivity contribution in [1.82, 2.24) is 0 Å². The molecule has 0 bridgehead atoms. The van der Waals surface area contributed by atoms with Gasteiger partial charge in [-0.05, 0) is 86.3 Å². The highest BCUT2D eigenvalue weighted by atomic mass is 19.1. The molecule has 3 aromatic rings. The topological polar surface area (TPSA) is 71.1 Å². The second kappa shape index (κ2) is 14.9. The number of halogens is 2.